The van der Waals surface area contributed by atoms with Gasteiger partial charge in [0.1, 0.15) is 9.79 Å². The molecule has 43 nitrogen and oxygen atoms in total. The summed E-state index contributed by atoms with van der Waals surface area (Å²) in [6.07, 6.45) is 24.9. The molecule has 6 aromatic heterocycles. The Hall–Kier alpha value is -8.89. The first-order valence-electron chi connectivity index (χ1n) is 43.4. The Kier molecular flexibility index (Phi) is 50.4. The number of rotatable bonds is 26. The highest BCUT2D eigenvalue weighted by atomic mass is 79.9. The van der Waals surface area contributed by atoms with Crippen molar-refractivity contribution in [3.8, 4) is 10.4 Å². The monoisotopic (exact) mass is 2640 g/mol. The topological polar surface area (TPSA) is 587 Å². The molecule has 14 rings (SSSR count). The lowest BCUT2D eigenvalue weighted by molar-refractivity contribution is -0.385. The van der Waals surface area contributed by atoms with Crippen LogP contribution in [0.3, 0.4) is 0 Å². The highest BCUT2D eigenvalue weighted by Crippen LogP contribution is 2.43. The summed E-state index contributed by atoms with van der Waals surface area (Å²) in [4.78, 5) is 80.7. The van der Waals surface area contributed by atoms with E-state index >= 15 is 0 Å². The second-order valence-electron chi connectivity index (χ2n) is 32.4. The zero-order valence-corrected chi connectivity index (χ0v) is 99.7. The van der Waals surface area contributed by atoms with E-state index in [4.69, 9.17) is 25.9 Å². The number of alkyl carbamates (subject to hydrolysis) is 2. The summed E-state index contributed by atoms with van der Waals surface area (Å²) in [6.45, 7) is 11.6. The summed E-state index contributed by atoms with van der Waals surface area (Å²) in [6, 6.07) is 27.2. The van der Waals surface area contributed by atoms with Crippen LogP contribution >= 0.6 is 145 Å². The summed E-state index contributed by atoms with van der Waals surface area (Å²) in [5.41, 5.74) is 7.86. The van der Waals surface area contributed by atoms with Crippen molar-refractivity contribution < 1.29 is 79.4 Å². The van der Waals surface area contributed by atoms with Crippen LogP contribution in [0.5, 0.6) is 0 Å². The number of carbonyl (C=O) groups excluding carboxylic acids is 2. The van der Waals surface area contributed by atoms with Crippen LogP contribution in [0.25, 0.3) is 10.4 Å². The van der Waals surface area contributed by atoms with Crippen molar-refractivity contribution in [2.75, 3.05) is 92.2 Å². The highest BCUT2D eigenvalue weighted by molar-refractivity contribution is 9.11. The molecule has 2 aliphatic carbocycles. The molecule has 0 atom stereocenters. The number of aromatic amines is 4. The summed E-state index contributed by atoms with van der Waals surface area (Å²) < 4.78 is 164. The number of aromatic nitrogens is 10. The number of halogens is 8. The van der Waals surface area contributed by atoms with E-state index in [2.05, 4.69) is 202 Å². The van der Waals surface area contributed by atoms with Gasteiger partial charge in [0.05, 0.1) is 66.5 Å². The number of anilines is 7. The van der Waals surface area contributed by atoms with Gasteiger partial charge in [0, 0.05) is 236 Å². The Balaban J connectivity index is 0.000000263. The minimum absolute atomic E-state index is 0.0657. The summed E-state index contributed by atoms with van der Waals surface area (Å²) in [7, 11) is -2.01. The van der Waals surface area contributed by atoms with Gasteiger partial charge in [-0.15, -0.1) is 22.7 Å². The van der Waals surface area contributed by atoms with Crippen LogP contribution < -0.4 is 32.3 Å². The van der Waals surface area contributed by atoms with Crippen molar-refractivity contribution in [2.45, 2.75) is 165 Å². The Labute approximate surface area is 920 Å². The van der Waals surface area contributed by atoms with Gasteiger partial charge in [-0.2, -0.15) is 0 Å². The highest BCUT2D eigenvalue weighted by Gasteiger charge is 2.32. The van der Waals surface area contributed by atoms with E-state index in [0.717, 1.165) is 90.5 Å². The van der Waals surface area contributed by atoms with E-state index in [1.165, 1.54) is 136 Å². The maximum Gasteiger partial charge on any atom is 0.407 e. The molecule has 0 spiro atoms. The number of ether oxygens (including phenoxy) is 2. The molecule has 0 unspecified atom stereocenters. The normalized spacial score (nSPS) is 14.7. The molecule has 59 heteroatoms. The van der Waals surface area contributed by atoms with E-state index in [-0.39, 0.29) is 87.6 Å². The second-order valence-corrected chi connectivity index (χ2v) is 54.1. The Bertz CT molecular complexity index is 6900. The van der Waals surface area contributed by atoms with Gasteiger partial charge in [0.2, 0.25) is 68.0 Å². The number of nitro benzene ring substituents is 2. The number of imidazole rings is 4. The number of sulfonamides is 5. The lowest BCUT2D eigenvalue weighted by Crippen LogP contribution is -2.38. The standard InChI is InChI=1S/C24H32N6O4S2.C13H19BrN2O2S.2C11H13BrN4O2S.C8H9BrN2O4S.C8H11BrN2O2S.C6H3BrClNO4S.C3H3BrN2.C3H8/c1-15(2)34-24(31)29-17-7-5-16(6-8-17)22-27-14-20(35-22)19-10-9-18(28-23-25-11-12-26-23)13-21(19)36(32,33)30(3)4;1-8(2)18-13(17)16-10-5-3-9(4-6-10)12-15-7-11(14)19-12;2*1-16(2)19(17,18)10-7-8(3-4-9(10)12)15-11-13-5-6-14-11;1-10(2)16(14,15)8-5-6(11(12)13)3-4-7(8)9;1-11(2)14(12,13)8-5-6(10)3-4-7(8)9;7-5-2-1-4(9(10)11)3-6(5)14(8,12)13;4-3-5-1-2-6-3;1-3-2/h9-17H,5-8H2,1-4H3,(H,29,31)(H2,25,26,28);7-10H,3-6H2,1-2H3,(H,16,17);2*3-7H,1-2H3,(H2,13,14,15);3-5H,1-2H3;3-5H,10H2,1-2H3;1-3H;1-2H,(H,5,6);3H2,1-2H3. The fraction of sp³-hybridized carbons (Fsp3) is 0.356. The maximum absolute atomic E-state index is 13.2. The van der Waals surface area contributed by atoms with Crippen LogP contribution in [0.2, 0.25) is 0 Å². The van der Waals surface area contributed by atoms with E-state index < -0.39 is 69.0 Å². The number of hydrogen-bond acceptors (Lipinski definition) is 32. The number of benzene rings is 6. The fourth-order valence-corrected chi connectivity index (χ4v) is 25.9. The zero-order chi connectivity index (χ0) is 109. The number of nitrogens with two attached hydrogens (primary N) is 1. The lowest BCUT2D eigenvalue weighted by Gasteiger charge is -2.28. The average Bonchev–Trinajstić information content (AvgIpc) is 1.70. The Morgan fingerprint density at radius 3 is 1.05 bits per heavy atom. The minimum Gasteiger partial charge on any atom is -0.447 e. The van der Waals surface area contributed by atoms with Crippen LogP contribution in [0.15, 0.2) is 231 Å². The molecule has 0 aliphatic heterocycles. The first-order valence-corrected chi connectivity index (χ1v) is 60.1. The number of thiazole rings is 2. The molecule has 0 saturated heterocycles. The third-order valence-electron chi connectivity index (χ3n) is 19.6. The number of nitrogens with one attached hydrogen (secondary N) is 9. The number of nitro groups is 2. The van der Waals surface area contributed by atoms with E-state index in [1.807, 2.05) is 40.0 Å². The maximum atomic E-state index is 13.2. The van der Waals surface area contributed by atoms with Crippen LogP contribution in [0.1, 0.15) is 121 Å². The van der Waals surface area contributed by atoms with Gasteiger partial charge in [-0.3, -0.25) is 20.2 Å². The average molecular weight is 2650 g/mol. The zero-order valence-electron chi connectivity index (χ0n) is 81.3. The molecule has 146 heavy (non-hydrogen) atoms. The number of amides is 2. The van der Waals surface area contributed by atoms with Gasteiger partial charge in [-0.25, -0.2) is 112 Å². The Morgan fingerprint density at radius 1 is 0.432 bits per heavy atom. The molecule has 0 radical (unpaired) electrons. The van der Waals surface area contributed by atoms with Crippen molar-refractivity contribution in [2.24, 2.45) is 0 Å². The molecular weight excluding hydrogens is 2540 g/mol. The van der Waals surface area contributed by atoms with Crippen LogP contribution in [-0.2, 0) is 68.6 Å². The Morgan fingerprint density at radius 2 is 0.740 bits per heavy atom. The number of hydrogen-bond donors (Lipinski definition) is 10. The molecule has 798 valence electrons. The number of non-ortho nitro benzene ring substituents is 2. The van der Waals surface area contributed by atoms with E-state index in [0.29, 0.717) is 70.0 Å². The number of H-pyrrole nitrogens is 4. The molecule has 6 aromatic carbocycles. The first-order chi connectivity index (χ1) is 68.2. The van der Waals surface area contributed by atoms with Crippen LogP contribution in [0, 0.1) is 20.2 Å². The summed E-state index contributed by atoms with van der Waals surface area (Å²) in [5.74, 6) is 2.44. The number of nitrogens with zero attached hydrogens (tertiary/aromatic N) is 13. The van der Waals surface area contributed by atoms with Crippen molar-refractivity contribution in [3.63, 3.8) is 0 Å². The van der Waals surface area contributed by atoms with Gasteiger partial charge in [0.25, 0.3) is 20.4 Å². The van der Waals surface area contributed by atoms with Crippen molar-refractivity contribution in [3.05, 3.63) is 232 Å². The summed E-state index contributed by atoms with van der Waals surface area (Å²) >= 11 is 25.5. The molecule has 2 amide bonds. The predicted molar refractivity (Wildman–Crippen MR) is 591 cm³/mol. The fourth-order valence-electron chi connectivity index (χ4n) is 12.4. The van der Waals surface area contributed by atoms with Gasteiger partial charge in [-0.05, 0) is 269 Å². The number of nitrogen functional groups attached to an aromatic ring is 1. The predicted octanol–water partition coefficient (Wildman–Crippen LogP) is 20.8. The van der Waals surface area contributed by atoms with Crippen LogP contribution in [-0.4, -0.2) is 239 Å². The second kappa shape index (κ2) is 58.5. The SMILES string of the molecule is Brc1ncc[nH]1.CC(C)OC(=O)NC1CCC(c2ncc(-c3ccc(Nc4ncc[nH]4)cc3S(=O)(=O)N(C)C)s2)CC1.CC(C)OC(=O)NC1CCC(c2ncc(Br)s2)CC1.CCC.CN(C)S(=O)(=O)c1cc(N)ccc1Br.CN(C)S(=O)(=O)c1cc(Nc2ncc[nH]2)ccc1Br.CN(C)S(=O)(=O)c1cc(Nc2ncc[nH]2)ccc1Br.CN(C)S(=O)(=O)c1cc([N+](=O)[O-])ccc1Br.O=[N+]([O-])c1ccc(Br)c(S(=O)(=O)Cl)c1. The largest absolute Gasteiger partial charge is 0.447 e. The van der Waals surface area contributed by atoms with Crippen LogP contribution in [0.4, 0.5) is 61.6 Å². The minimum atomic E-state index is -3.97. The first kappa shape index (κ1) is 126. The quantitative estimate of drug-likeness (QED) is 0.0104. The molecule has 2 fully saturated rings. The van der Waals surface area contributed by atoms with Gasteiger partial charge in [-0.1, -0.05) is 26.3 Å². The van der Waals surface area contributed by atoms with E-state index in [1.54, 1.807) is 128 Å². The molecule has 12 aromatic rings. The van der Waals surface area contributed by atoms with Gasteiger partial charge < -0.3 is 61.7 Å². The molecule has 11 N–H and O–H groups in total. The molecular formula is C87H111Br7ClN23O20S8. The molecule has 2 saturated carbocycles. The number of carbonyl (C=O) groups is 2. The smallest absolute Gasteiger partial charge is 0.407 e. The van der Waals surface area contributed by atoms with Crippen molar-refractivity contribution in [1.29, 1.82) is 0 Å². The molecule has 0 bridgehead atoms. The third kappa shape index (κ3) is 39.2. The van der Waals surface area contributed by atoms with Crippen molar-refractivity contribution in [1.82, 2.24) is 82.0 Å². The lowest BCUT2D eigenvalue weighted by atomic mass is 9.86. The molecule has 6 heterocycles. The van der Waals surface area contributed by atoms with Gasteiger partial charge in [0.15, 0.2) is 4.73 Å². The summed E-state index contributed by atoms with van der Waals surface area (Å²) in [5, 5.41) is 38.0. The molecule has 2 aliphatic rings. The van der Waals surface area contributed by atoms with E-state index in [9.17, 15) is 80.3 Å². The van der Waals surface area contributed by atoms with Gasteiger partial charge >= 0.3 is 12.2 Å². The van der Waals surface area contributed by atoms with Crippen molar-refractivity contribution >= 4 is 268 Å². The third-order valence-corrected chi connectivity index (χ3v) is 38.3.